The van der Waals surface area contributed by atoms with Gasteiger partial charge in [-0.1, -0.05) is 65.5 Å². The summed E-state index contributed by atoms with van der Waals surface area (Å²) in [6.45, 7) is 12.6. The Hall–Kier alpha value is -0.300. The molecule has 0 saturated heterocycles. The van der Waals surface area contributed by atoms with Gasteiger partial charge in [0.15, 0.2) is 0 Å². The fourth-order valence-electron chi connectivity index (χ4n) is 8.67. The van der Waals surface area contributed by atoms with Gasteiger partial charge in [0.1, 0.15) is 0 Å². The Bertz CT molecular complexity index is 591. The van der Waals surface area contributed by atoms with Gasteiger partial charge in [-0.2, -0.15) is 0 Å². The second kappa shape index (κ2) is 7.75. The second-order valence-corrected chi connectivity index (χ2v) is 12.2. The molecule has 0 aliphatic heterocycles. The van der Waals surface area contributed by atoms with Crippen LogP contribution in [0.15, 0.2) is 11.6 Å². The summed E-state index contributed by atoms with van der Waals surface area (Å²) in [6, 6.07) is 0. The van der Waals surface area contributed by atoms with Crippen molar-refractivity contribution in [3.8, 4) is 0 Å². The van der Waals surface area contributed by atoms with Crippen LogP contribution in [0.25, 0.3) is 0 Å². The number of hydrogen-bond donors (Lipinski definition) is 1. The van der Waals surface area contributed by atoms with Crippen LogP contribution in [-0.4, -0.2) is 11.2 Å². The third kappa shape index (κ3) is 3.42. The van der Waals surface area contributed by atoms with Crippen LogP contribution < -0.4 is 0 Å². The van der Waals surface area contributed by atoms with Crippen LogP contribution in [0, 0.1) is 46.3 Å². The molecule has 8 atom stereocenters. The van der Waals surface area contributed by atoms with Gasteiger partial charge in [-0.3, -0.25) is 0 Å². The van der Waals surface area contributed by atoms with E-state index in [2.05, 4.69) is 40.7 Å². The molecule has 4 rings (SSSR count). The zero-order chi connectivity index (χ0) is 20.1. The van der Waals surface area contributed by atoms with E-state index in [1.807, 2.05) is 0 Å². The number of aliphatic hydroxyl groups is 1. The zero-order valence-corrected chi connectivity index (χ0v) is 19.3. The van der Waals surface area contributed by atoms with E-state index in [-0.39, 0.29) is 6.10 Å². The lowest BCUT2D eigenvalue weighted by atomic mass is 9.47. The molecular formula is C27H46O. The van der Waals surface area contributed by atoms with Gasteiger partial charge in [-0.25, -0.2) is 0 Å². The van der Waals surface area contributed by atoms with E-state index in [1.54, 1.807) is 5.57 Å². The molecule has 1 N–H and O–H groups in total. The maximum absolute atomic E-state index is 10.2. The maximum Gasteiger partial charge on any atom is 0.0577 e. The van der Waals surface area contributed by atoms with E-state index >= 15 is 0 Å². The molecule has 160 valence electrons. The normalized spacial score (nSPS) is 46.5. The molecule has 0 aromatic rings. The molecule has 1 heteroatoms. The molecule has 0 amide bonds. The van der Waals surface area contributed by atoms with E-state index < -0.39 is 0 Å². The summed E-state index contributed by atoms with van der Waals surface area (Å²) in [5.74, 6) is 5.46. The molecule has 0 radical (unpaired) electrons. The third-order valence-corrected chi connectivity index (χ3v) is 10.3. The lowest BCUT2D eigenvalue weighted by Gasteiger charge is -2.58. The zero-order valence-electron chi connectivity index (χ0n) is 19.3. The minimum Gasteiger partial charge on any atom is -0.393 e. The van der Waals surface area contributed by atoms with Crippen LogP contribution in [-0.2, 0) is 0 Å². The van der Waals surface area contributed by atoms with Gasteiger partial charge in [0.2, 0.25) is 0 Å². The number of aliphatic hydroxyl groups excluding tert-OH is 1. The van der Waals surface area contributed by atoms with Crippen molar-refractivity contribution < 1.29 is 5.11 Å². The lowest BCUT2D eigenvalue weighted by molar-refractivity contribution is -0.0573. The van der Waals surface area contributed by atoms with E-state index in [0.717, 1.165) is 48.3 Å². The minimum absolute atomic E-state index is 0.0766. The van der Waals surface area contributed by atoms with Gasteiger partial charge >= 0.3 is 0 Å². The number of hydrogen-bond acceptors (Lipinski definition) is 1. The summed E-state index contributed by atoms with van der Waals surface area (Å²) in [4.78, 5) is 0. The molecule has 4 unspecified atom stereocenters. The number of rotatable bonds is 5. The first-order chi connectivity index (χ1) is 13.3. The van der Waals surface area contributed by atoms with Crippen molar-refractivity contribution in [3.63, 3.8) is 0 Å². The fourth-order valence-corrected chi connectivity index (χ4v) is 8.67. The maximum atomic E-state index is 10.2. The topological polar surface area (TPSA) is 20.2 Å². The molecule has 4 aliphatic rings. The highest BCUT2D eigenvalue weighted by Gasteiger charge is 2.59. The molecule has 4 aliphatic carbocycles. The second-order valence-electron chi connectivity index (χ2n) is 12.2. The monoisotopic (exact) mass is 386 g/mol. The first-order valence-electron chi connectivity index (χ1n) is 12.6. The molecular weight excluding hydrogens is 340 g/mol. The summed E-state index contributed by atoms with van der Waals surface area (Å²) in [5.41, 5.74) is 2.60. The fraction of sp³-hybridized carbons (Fsp3) is 0.926. The van der Waals surface area contributed by atoms with E-state index in [4.69, 9.17) is 0 Å². The Kier molecular flexibility index (Phi) is 5.80. The Morgan fingerprint density at radius 3 is 2.54 bits per heavy atom. The Morgan fingerprint density at radius 1 is 1.00 bits per heavy atom. The van der Waals surface area contributed by atoms with Crippen LogP contribution >= 0.6 is 0 Å². The molecule has 1 nitrogen and oxygen atoms in total. The Labute approximate surface area is 174 Å². The van der Waals surface area contributed by atoms with Crippen molar-refractivity contribution in [2.75, 3.05) is 0 Å². The minimum atomic E-state index is -0.0766. The standard InChI is InChI=1S/C27H46O/c1-18(2)7-6-8-19(3)23-11-12-24-22-10-9-20-17-21(28)13-15-26(20,4)25(22)14-16-27(23,24)5/h9,18-19,21-25,28H,6-8,10-17H2,1-5H3/t19-,21?,22?,23-,24+,25+,26?,27?/m1/s1. The van der Waals surface area contributed by atoms with Gasteiger partial charge in [-0.15, -0.1) is 0 Å². The highest BCUT2D eigenvalue weighted by Crippen LogP contribution is 2.67. The van der Waals surface area contributed by atoms with Crippen molar-refractivity contribution >= 4 is 0 Å². The van der Waals surface area contributed by atoms with Crippen LogP contribution in [0.4, 0.5) is 0 Å². The van der Waals surface area contributed by atoms with Crippen LogP contribution in [0.3, 0.4) is 0 Å². The predicted molar refractivity (Wildman–Crippen MR) is 119 cm³/mol. The van der Waals surface area contributed by atoms with Crippen LogP contribution in [0.2, 0.25) is 0 Å². The smallest absolute Gasteiger partial charge is 0.0577 e. The average Bonchev–Trinajstić information content (AvgIpc) is 2.99. The van der Waals surface area contributed by atoms with Crippen LogP contribution in [0.5, 0.6) is 0 Å². The number of fused-ring (bicyclic) bond motifs is 5. The number of allylic oxidation sites excluding steroid dienone is 1. The van der Waals surface area contributed by atoms with Crippen molar-refractivity contribution in [1.29, 1.82) is 0 Å². The average molecular weight is 387 g/mol. The SMILES string of the molecule is CC(C)CCC[C@@H](C)[C@H]1CC[C@H]2C3CC=C4CC(O)CCC4(C)[C@H]3CCC12C. The highest BCUT2D eigenvalue weighted by atomic mass is 16.3. The summed E-state index contributed by atoms with van der Waals surface area (Å²) < 4.78 is 0. The molecule has 0 spiro atoms. The largest absolute Gasteiger partial charge is 0.393 e. The summed E-state index contributed by atoms with van der Waals surface area (Å²) in [7, 11) is 0. The van der Waals surface area contributed by atoms with Crippen LogP contribution in [0.1, 0.15) is 105 Å². The molecule has 0 bridgehead atoms. The molecule has 3 fully saturated rings. The van der Waals surface area contributed by atoms with Crippen molar-refractivity contribution in [2.24, 2.45) is 46.3 Å². The third-order valence-electron chi connectivity index (χ3n) is 10.3. The molecule has 3 saturated carbocycles. The van der Waals surface area contributed by atoms with Gasteiger partial charge in [0, 0.05) is 0 Å². The highest BCUT2D eigenvalue weighted by molar-refractivity contribution is 5.25. The van der Waals surface area contributed by atoms with E-state index in [1.165, 1.54) is 57.8 Å². The summed E-state index contributed by atoms with van der Waals surface area (Å²) in [5, 5.41) is 10.2. The molecule has 0 heterocycles. The van der Waals surface area contributed by atoms with Gasteiger partial charge in [0.25, 0.3) is 0 Å². The van der Waals surface area contributed by atoms with Crippen molar-refractivity contribution in [3.05, 3.63) is 11.6 Å². The van der Waals surface area contributed by atoms with E-state index in [0.29, 0.717) is 10.8 Å². The Balaban J connectivity index is 1.49. The molecule has 28 heavy (non-hydrogen) atoms. The van der Waals surface area contributed by atoms with Crippen molar-refractivity contribution in [1.82, 2.24) is 0 Å². The van der Waals surface area contributed by atoms with Gasteiger partial charge in [-0.05, 0) is 97.7 Å². The Morgan fingerprint density at radius 2 is 1.79 bits per heavy atom. The first-order valence-corrected chi connectivity index (χ1v) is 12.6. The van der Waals surface area contributed by atoms with E-state index in [9.17, 15) is 5.11 Å². The predicted octanol–water partition coefficient (Wildman–Crippen LogP) is 7.39. The van der Waals surface area contributed by atoms with Gasteiger partial charge < -0.3 is 5.11 Å². The first kappa shape index (κ1) is 21.0. The van der Waals surface area contributed by atoms with Crippen molar-refractivity contribution in [2.45, 2.75) is 111 Å². The quantitative estimate of drug-likeness (QED) is 0.488. The molecule has 0 aromatic carbocycles. The summed E-state index contributed by atoms with van der Waals surface area (Å²) in [6.07, 6.45) is 17.2. The lowest BCUT2D eigenvalue weighted by Crippen LogP contribution is -2.50. The van der Waals surface area contributed by atoms with Gasteiger partial charge in [0.05, 0.1) is 6.10 Å². The summed E-state index contributed by atoms with van der Waals surface area (Å²) >= 11 is 0. The molecule has 0 aromatic heterocycles.